The predicted molar refractivity (Wildman–Crippen MR) is 49.2 cm³/mol. The number of aliphatic carboxylic acids is 1. The van der Waals surface area contributed by atoms with Crippen molar-refractivity contribution in [1.29, 1.82) is 0 Å². The summed E-state index contributed by atoms with van der Waals surface area (Å²) in [4.78, 5) is 10.7. The topological polar surface area (TPSA) is 57.5 Å². The van der Waals surface area contributed by atoms with E-state index in [9.17, 15) is 4.79 Å². The molecule has 68 valence electrons. The largest absolute Gasteiger partial charge is 0.478 e. The molecule has 13 heavy (non-hydrogen) atoms. The average Bonchev–Trinajstić information content (AvgIpc) is 2.03. The maximum atomic E-state index is 10.7. The van der Waals surface area contributed by atoms with Gasteiger partial charge in [-0.25, -0.2) is 4.79 Å². The Labute approximate surface area is 76.0 Å². The van der Waals surface area contributed by atoms with E-state index in [-0.39, 0.29) is 12.2 Å². The first kappa shape index (κ1) is 9.48. The predicted octanol–water partition coefficient (Wildman–Crippen LogP) is 1.04. The Bertz CT molecular complexity index is 319. The van der Waals surface area contributed by atoms with Gasteiger partial charge in [-0.3, -0.25) is 0 Å². The molecule has 1 rings (SSSR count). The van der Waals surface area contributed by atoms with Crippen molar-refractivity contribution in [2.24, 2.45) is 0 Å². The second-order valence-electron chi connectivity index (χ2n) is 2.51. The zero-order chi connectivity index (χ0) is 9.68. The molecule has 0 radical (unpaired) electrons. The highest BCUT2D eigenvalue weighted by Gasteiger charge is 2.08. The van der Waals surface area contributed by atoms with Gasteiger partial charge in [0, 0.05) is 0 Å². The molecule has 0 bridgehead atoms. The third-order valence-corrected chi connectivity index (χ3v) is 1.64. The fourth-order valence-electron chi connectivity index (χ4n) is 0.995. The van der Waals surface area contributed by atoms with Crippen molar-refractivity contribution in [3.05, 3.63) is 47.6 Å². The van der Waals surface area contributed by atoms with Gasteiger partial charge in [-0.2, -0.15) is 0 Å². The lowest BCUT2D eigenvalue weighted by molar-refractivity contribution is -0.132. The maximum Gasteiger partial charge on any atom is 0.336 e. The van der Waals surface area contributed by atoms with Gasteiger partial charge in [-0.15, -0.1) is 0 Å². The number of carboxylic acids is 1. The van der Waals surface area contributed by atoms with E-state index in [2.05, 4.69) is 0 Å². The lowest BCUT2D eigenvalue weighted by Crippen LogP contribution is -2.04. The molecule has 0 spiro atoms. The molecule has 3 heteroatoms. The smallest absolute Gasteiger partial charge is 0.336 e. The number of hydrogen-bond acceptors (Lipinski definition) is 2. The Kier molecular flexibility index (Phi) is 3.23. The van der Waals surface area contributed by atoms with Gasteiger partial charge in [0.05, 0.1) is 12.2 Å². The lowest BCUT2D eigenvalue weighted by Gasteiger charge is -2.02. The number of aliphatic hydroxyl groups is 1. The van der Waals surface area contributed by atoms with Crippen LogP contribution in [0.2, 0.25) is 0 Å². The van der Waals surface area contributed by atoms with Crippen molar-refractivity contribution >= 4 is 5.97 Å². The summed E-state index contributed by atoms with van der Waals surface area (Å²) in [5, 5.41) is 17.7. The Balaban J connectivity index is 3.11. The molecule has 3 nitrogen and oxygen atoms in total. The van der Waals surface area contributed by atoms with Crippen molar-refractivity contribution in [2.45, 2.75) is 0 Å². The molecule has 0 atom stereocenters. The van der Waals surface area contributed by atoms with Gasteiger partial charge in [-0.05, 0) is 11.6 Å². The van der Waals surface area contributed by atoms with Crippen LogP contribution in [0, 0.1) is 0 Å². The van der Waals surface area contributed by atoms with Crippen LogP contribution in [0.4, 0.5) is 0 Å². The van der Waals surface area contributed by atoms with E-state index >= 15 is 0 Å². The van der Waals surface area contributed by atoms with E-state index in [1.54, 1.807) is 30.4 Å². The molecule has 2 N–H and O–H groups in total. The fourth-order valence-corrected chi connectivity index (χ4v) is 0.995. The van der Waals surface area contributed by atoms with Crippen LogP contribution in [-0.4, -0.2) is 22.8 Å². The summed E-state index contributed by atoms with van der Waals surface area (Å²) in [6.07, 6.45) is 9.87. The second-order valence-corrected chi connectivity index (χ2v) is 2.51. The molecule has 0 aromatic heterocycles. The SMILES string of the molecule is O=C(O)C1=C(CO)/C=C\C=C/C=C\1. The highest BCUT2D eigenvalue weighted by molar-refractivity contribution is 5.91. The Morgan fingerprint density at radius 2 is 1.77 bits per heavy atom. The molecule has 0 aliphatic heterocycles. The minimum atomic E-state index is -1.03. The van der Waals surface area contributed by atoms with Crippen LogP contribution in [0.25, 0.3) is 0 Å². The average molecular weight is 178 g/mol. The summed E-state index contributed by atoms with van der Waals surface area (Å²) in [6, 6.07) is 0. The summed E-state index contributed by atoms with van der Waals surface area (Å²) in [7, 11) is 0. The van der Waals surface area contributed by atoms with Gasteiger partial charge < -0.3 is 10.2 Å². The van der Waals surface area contributed by atoms with Gasteiger partial charge >= 0.3 is 5.97 Å². The zero-order valence-electron chi connectivity index (χ0n) is 6.97. The Morgan fingerprint density at radius 3 is 2.31 bits per heavy atom. The van der Waals surface area contributed by atoms with Crippen molar-refractivity contribution in [2.75, 3.05) is 6.61 Å². The molecule has 1 aliphatic rings. The van der Waals surface area contributed by atoms with Crippen molar-refractivity contribution in [1.82, 2.24) is 0 Å². The van der Waals surface area contributed by atoms with E-state index < -0.39 is 5.97 Å². The first-order valence-corrected chi connectivity index (χ1v) is 3.84. The van der Waals surface area contributed by atoms with Gasteiger partial charge in [0.1, 0.15) is 0 Å². The number of carbonyl (C=O) groups is 1. The highest BCUT2D eigenvalue weighted by Crippen LogP contribution is 2.10. The summed E-state index contributed by atoms with van der Waals surface area (Å²) >= 11 is 0. The van der Waals surface area contributed by atoms with Gasteiger partial charge in [0.2, 0.25) is 0 Å². The first-order valence-electron chi connectivity index (χ1n) is 3.84. The van der Waals surface area contributed by atoms with Gasteiger partial charge in [0.15, 0.2) is 0 Å². The van der Waals surface area contributed by atoms with E-state index in [0.717, 1.165) is 0 Å². The lowest BCUT2D eigenvalue weighted by atomic mass is 10.1. The molecule has 1 aliphatic carbocycles. The summed E-state index contributed by atoms with van der Waals surface area (Å²) in [5.74, 6) is -1.03. The molecular formula is C10H10O3. The Morgan fingerprint density at radius 1 is 1.15 bits per heavy atom. The fraction of sp³-hybridized carbons (Fsp3) is 0.100. The number of aliphatic hydroxyl groups excluding tert-OH is 1. The van der Waals surface area contributed by atoms with Crippen LogP contribution >= 0.6 is 0 Å². The first-order chi connectivity index (χ1) is 6.25. The standard InChI is InChI=1S/C10H10O3/c11-7-8-5-3-1-2-4-6-9(8)10(12)13/h1-6,11H,7H2,(H,12,13)/b2-1-,3-1?,4-2?,5-3-,6-4-,8-5?,9-6?,9-8-. The third kappa shape index (κ3) is 2.42. The molecule has 0 aromatic rings. The maximum absolute atomic E-state index is 10.7. The normalized spacial score (nSPS) is 28.7. The molecule has 0 saturated carbocycles. The Hall–Kier alpha value is -1.61. The number of rotatable bonds is 2. The minimum Gasteiger partial charge on any atom is -0.478 e. The molecule has 0 amide bonds. The third-order valence-electron chi connectivity index (χ3n) is 1.64. The van der Waals surface area contributed by atoms with Crippen molar-refractivity contribution in [3.8, 4) is 0 Å². The van der Waals surface area contributed by atoms with E-state index in [1.165, 1.54) is 6.08 Å². The molecule has 0 fully saturated rings. The van der Waals surface area contributed by atoms with E-state index in [4.69, 9.17) is 10.2 Å². The number of hydrogen-bond donors (Lipinski definition) is 2. The molecule has 0 unspecified atom stereocenters. The van der Waals surface area contributed by atoms with Crippen LogP contribution in [0.15, 0.2) is 47.6 Å². The molecule has 0 heterocycles. The molecule has 0 aromatic carbocycles. The van der Waals surface area contributed by atoms with Crippen LogP contribution in [0.3, 0.4) is 0 Å². The van der Waals surface area contributed by atoms with Gasteiger partial charge in [0.25, 0.3) is 0 Å². The summed E-state index contributed by atoms with van der Waals surface area (Å²) < 4.78 is 0. The number of carboxylic acid groups (broad SMARTS) is 1. The summed E-state index contributed by atoms with van der Waals surface area (Å²) in [5.41, 5.74) is 0.538. The van der Waals surface area contributed by atoms with Gasteiger partial charge in [-0.1, -0.05) is 30.4 Å². The second kappa shape index (κ2) is 4.42. The highest BCUT2D eigenvalue weighted by atomic mass is 16.4. The quantitative estimate of drug-likeness (QED) is 0.664. The van der Waals surface area contributed by atoms with Crippen molar-refractivity contribution < 1.29 is 15.0 Å². The van der Waals surface area contributed by atoms with Crippen LogP contribution in [0.5, 0.6) is 0 Å². The zero-order valence-corrected chi connectivity index (χ0v) is 6.97. The van der Waals surface area contributed by atoms with Crippen LogP contribution in [-0.2, 0) is 4.79 Å². The minimum absolute atomic E-state index is 0.128. The molecular weight excluding hydrogens is 168 g/mol. The number of allylic oxidation sites excluding steroid dienone is 4. The van der Waals surface area contributed by atoms with Crippen LogP contribution in [0.1, 0.15) is 0 Å². The summed E-state index contributed by atoms with van der Waals surface area (Å²) in [6.45, 7) is -0.268. The molecule has 0 saturated heterocycles. The van der Waals surface area contributed by atoms with Crippen LogP contribution < -0.4 is 0 Å². The van der Waals surface area contributed by atoms with E-state index in [1.807, 2.05) is 0 Å². The monoisotopic (exact) mass is 178 g/mol. The van der Waals surface area contributed by atoms with E-state index in [0.29, 0.717) is 5.57 Å². The van der Waals surface area contributed by atoms with Crippen molar-refractivity contribution in [3.63, 3.8) is 0 Å².